The highest BCUT2D eigenvalue weighted by atomic mass is 32.2. The Morgan fingerprint density at radius 1 is 1.50 bits per heavy atom. The number of aliphatic imine (C=N–C) groups is 1. The number of hydrogen-bond acceptors (Lipinski definition) is 5. The van der Waals surface area contributed by atoms with Crippen molar-refractivity contribution in [2.24, 2.45) is 22.7 Å². The molecule has 0 spiro atoms. The SMILES string of the molecule is CC(C)[C@@H]1CC[C@H](C)C[C@H]1OC(=O)CSC1=NCCS1. The lowest BCUT2D eigenvalue weighted by molar-refractivity contribution is -0.152. The van der Waals surface area contributed by atoms with Gasteiger partial charge in [-0.1, -0.05) is 50.7 Å². The molecule has 20 heavy (non-hydrogen) atoms. The number of ether oxygens (including phenoxy) is 1. The molecule has 2 rings (SSSR count). The number of hydrogen-bond donors (Lipinski definition) is 0. The van der Waals surface area contributed by atoms with Crippen molar-refractivity contribution in [1.82, 2.24) is 0 Å². The van der Waals surface area contributed by atoms with Crippen molar-refractivity contribution in [2.75, 3.05) is 18.1 Å². The Bertz CT molecular complexity index is 371. The Morgan fingerprint density at radius 2 is 2.30 bits per heavy atom. The van der Waals surface area contributed by atoms with Crippen molar-refractivity contribution >= 4 is 33.9 Å². The van der Waals surface area contributed by atoms with Gasteiger partial charge in [0.2, 0.25) is 0 Å². The second kappa shape index (κ2) is 7.74. The van der Waals surface area contributed by atoms with Gasteiger partial charge in [0.05, 0.1) is 12.3 Å². The quantitative estimate of drug-likeness (QED) is 0.739. The fourth-order valence-corrected chi connectivity index (χ4v) is 4.77. The molecule has 0 bridgehead atoms. The number of carbonyl (C=O) groups excluding carboxylic acids is 1. The first-order chi connectivity index (χ1) is 9.56. The Kier molecular flexibility index (Phi) is 6.27. The summed E-state index contributed by atoms with van der Waals surface area (Å²) in [7, 11) is 0. The second-order valence-electron chi connectivity index (χ2n) is 6.14. The molecule has 0 saturated heterocycles. The highest BCUT2D eigenvalue weighted by Gasteiger charge is 2.33. The van der Waals surface area contributed by atoms with Gasteiger partial charge in [-0.05, 0) is 30.6 Å². The summed E-state index contributed by atoms with van der Waals surface area (Å²) >= 11 is 3.27. The van der Waals surface area contributed by atoms with Crippen molar-refractivity contribution in [3.05, 3.63) is 0 Å². The molecule has 1 saturated carbocycles. The lowest BCUT2D eigenvalue weighted by atomic mass is 9.75. The van der Waals surface area contributed by atoms with E-state index in [0.717, 1.165) is 23.1 Å². The van der Waals surface area contributed by atoms with Crippen molar-refractivity contribution < 1.29 is 9.53 Å². The van der Waals surface area contributed by atoms with Crippen LogP contribution in [0, 0.1) is 17.8 Å². The zero-order chi connectivity index (χ0) is 14.5. The fourth-order valence-electron chi connectivity index (χ4n) is 2.98. The van der Waals surface area contributed by atoms with E-state index in [2.05, 4.69) is 25.8 Å². The lowest BCUT2D eigenvalue weighted by Crippen LogP contribution is -2.36. The van der Waals surface area contributed by atoms with Crippen LogP contribution in [0.25, 0.3) is 0 Å². The Labute approximate surface area is 130 Å². The summed E-state index contributed by atoms with van der Waals surface area (Å²) in [5.74, 6) is 3.16. The van der Waals surface area contributed by atoms with Crippen LogP contribution in [0.5, 0.6) is 0 Å². The van der Waals surface area contributed by atoms with Gasteiger partial charge in [0.25, 0.3) is 0 Å². The monoisotopic (exact) mass is 315 g/mol. The topological polar surface area (TPSA) is 38.7 Å². The Morgan fingerprint density at radius 3 is 2.95 bits per heavy atom. The van der Waals surface area contributed by atoms with E-state index in [-0.39, 0.29) is 12.1 Å². The average Bonchev–Trinajstić information content (AvgIpc) is 2.89. The van der Waals surface area contributed by atoms with Gasteiger partial charge < -0.3 is 4.74 Å². The molecule has 0 aromatic carbocycles. The summed E-state index contributed by atoms with van der Waals surface area (Å²) in [6.45, 7) is 7.62. The molecule has 0 N–H and O–H groups in total. The molecular weight excluding hydrogens is 290 g/mol. The molecule has 5 heteroatoms. The molecular formula is C15H25NO2S2. The summed E-state index contributed by atoms with van der Waals surface area (Å²) in [5.41, 5.74) is 0. The van der Waals surface area contributed by atoms with E-state index in [1.807, 2.05) is 0 Å². The molecule has 0 radical (unpaired) electrons. The molecule has 1 heterocycles. The standard InChI is InChI=1S/C15H25NO2S2/c1-10(2)12-5-4-11(3)8-13(12)18-14(17)9-20-15-16-6-7-19-15/h10-13H,4-9H2,1-3H3/t11-,12-,13+/m0/s1. The fraction of sp³-hybridized carbons (Fsp3) is 0.867. The first kappa shape index (κ1) is 16.2. The third-order valence-electron chi connectivity index (χ3n) is 4.12. The van der Waals surface area contributed by atoms with Crippen LogP contribution in [-0.2, 0) is 9.53 Å². The third kappa shape index (κ3) is 4.69. The molecule has 1 fully saturated rings. The minimum atomic E-state index is -0.0741. The maximum absolute atomic E-state index is 12.0. The van der Waals surface area contributed by atoms with Gasteiger partial charge in [-0.15, -0.1) is 0 Å². The van der Waals surface area contributed by atoms with Gasteiger partial charge >= 0.3 is 5.97 Å². The molecule has 0 unspecified atom stereocenters. The van der Waals surface area contributed by atoms with Crippen LogP contribution in [0.1, 0.15) is 40.0 Å². The van der Waals surface area contributed by atoms with Crippen LogP contribution in [0.3, 0.4) is 0 Å². The maximum atomic E-state index is 12.0. The first-order valence-corrected chi connectivity index (χ1v) is 9.53. The third-order valence-corrected chi connectivity index (χ3v) is 6.34. The van der Waals surface area contributed by atoms with Crippen LogP contribution in [0.15, 0.2) is 4.99 Å². The van der Waals surface area contributed by atoms with Gasteiger partial charge in [0.1, 0.15) is 10.5 Å². The predicted molar refractivity (Wildman–Crippen MR) is 88.4 cm³/mol. The normalized spacial score (nSPS) is 30.4. The smallest absolute Gasteiger partial charge is 0.316 e. The zero-order valence-corrected chi connectivity index (χ0v) is 14.3. The van der Waals surface area contributed by atoms with E-state index in [0.29, 0.717) is 23.5 Å². The zero-order valence-electron chi connectivity index (χ0n) is 12.6. The van der Waals surface area contributed by atoms with E-state index < -0.39 is 0 Å². The average molecular weight is 316 g/mol. The summed E-state index contributed by atoms with van der Waals surface area (Å²) in [5, 5.41) is 0. The molecule has 1 aliphatic heterocycles. The molecule has 3 atom stereocenters. The summed E-state index contributed by atoms with van der Waals surface area (Å²) in [6, 6.07) is 0. The van der Waals surface area contributed by atoms with E-state index in [4.69, 9.17) is 4.74 Å². The van der Waals surface area contributed by atoms with Gasteiger partial charge in [0, 0.05) is 5.75 Å². The van der Waals surface area contributed by atoms with Gasteiger partial charge in [-0.2, -0.15) is 0 Å². The highest BCUT2D eigenvalue weighted by Crippen LogP contribution is 2.35. The number of esters is 1. The molecule has 2 aliphatic rings. The summed E-state index contributed by atoms with van der Waals surface area (Å²) in [4.78, 5) is 16.4. The van der Waals surface area contributed by atoms with Crippen molar-refractivity contribution in [2.45, 2.75) is 46.1 Å². The highest BCUT2D eigenvalue weighted by molar-refractivity contribution is 8.39. The van der Waals surface area contributed by atoms with Crippen LogP contribution in [0.2, 0.25) is 0 Å². The largest absolute Gasteiger partial charge is 0.461 e. The minimum absolute atomic E-state index is 0.0741. The van der Waals surface area contributed by atoms with Crippen LogP contribution < -0.4 is 0 Å². The summed E-state index contributed by atoms with van der Waals surface area (Å²) < 4.78 is 6.81. The molecule has 3 nitrogen and oxygen atoms in total. The lowest BCUT2D eigenvalue weighted by Gasteiger charge is -2.36. The van der Waals surface area contributed by atoms with Crippen molar-refractivity contribution in [1.29, 1.82) is 0 Å². The van der Waals surface area contributed by atoms with E-state index in [1.54, 1.807) is 11.8 Å². The molecule has 114 valence electrons. The Balaban J connectivity index is 1.80. The van der Waals surface area contributed by atoms with Crippen LogP contribution >= 0.6 is 23.5 Å². The van der Waals surface area contributed by atoms with E-state index in [1.165, 1.54) is 24.6 Å². The number of thioether (sulfide) groups is 2. The molecule has 0 amide bonds. The van der Waals surface area contributed by atoms with E-state index in [9.17, 15) is 4.79 Å². The van der Waals surface area contributed by atoms with Gasteiger partial charge in [0.15, 0.2) is 0 Å². The number of rotatable bonds is 4. The summed E-state index contributed by atoms with van der Waals surface area (Å²) in [6.07, 6.45) is 3.59. The molecule has 1 aliphatic carbocycles. The van der Waals surface area contributed by atoms with Gasteiger partial charge in [-0.25, -0.2) is 0 Å². The number of nitrogens with zero attached hydrogens (tertiary/aromatic N) is 1. The van der Waals surface area contributed by atoms with Crippen molar-refractivity contribution in [3.63, 3.8) is 0 Å². The molecule has 0 aromatic heterocycles. The predicted octanol–water partition coefficient (Wildman–Crippen LogP) is 3.83. The van der Waals surface area contributed by atoms with Crippen molar-refractivity contribution in [3.8, 4) is 0 Å². The minimum Gasteiger partial charge on any atom is -0.461 e. The molecule has 0 aromatic rings. The van der Waals surface area contributed by atoms with E-state index >= 15 is 0 Å². The Hall–Kier alpha value is -0.160. The second-order valence-corrected chi connectivity index (χ2v) is 8.45. The maximum Gasteiger partial charge on any atom is 0.316 e. The van der Waals surface area contributed by atoms with Crippen LogP contribution in [0.4, 0.5) is 0 Å². The van der Waals surface area contributed by atoms with Crippen LogP contribution in [-0.4, -0.2) is 34.5 Å². The number of carbonyl (C=O) groups is 1. The first-order valence-electron chi connectivity index (χ1n) is 7.55. The van der Waals surface area contributed by atoms with Gasteiger partial charge in [-0.3, -0.25) is 9.79 Å².